The summed E-state index contributed by atoms with van der Waals surface area (Å²) in [6.07, 6.45) is 1.38. The second-order valence-electron chi connectivity index (χ2n) is 6.26. The Morgan fingerprint density at radius 2 is 1.82 bits per heavy atom. The van der Waals surface area contributed by atoms with E-state index in [2.05, 4.69) is 15.6 Å². The van der Waals surface area contributed by atoms with Crippen molar-refractivity contribution >= 4 is 17.5 Å². The van der Waals surface area contributed by atoms with E-state index in [4.69, 9.17) is 0 Å². The van der Waals surface area contributed by atoms with Gasteiger partial charge in [-0.25, -0.2) is 18.2 Å². The molecule has 0 saturated carbocycles. The minimum atomic E-state index is -0.925. The molecule has 2 heterocycles. The standard InChI is InChI=1S/C19H13F3N4O2/c20-11-3-1-10(2-4-11)15-8-26-9-16(23-17(26)19(28)25-15)18(27)24-14-6-5-12(21)7-13(14)22/h1-7,9,15H,8H2,(H,24,27)(H,25,28). The molecule has 1 aliphatic rings. The van der Waals surface area contributed by atoms with Crippen LogP contribution >= 0.6 is 0 Å². The van der Waals surface area contributed by atoms with Gasteiger partial charge in [-0.2, -0.15) is 0 Å². The Morgan fingerprint density at radius 3 is 2.54 bits per heavy atom. The number of amides is 2. The second-order valence-corrected chi connectivity index (χ2v) is 6.26. The summed E-state index contributed by atoms with van der Waals surface area (Å²) in [5.74, 6) is -3.28. The molecule has 1 aromatic heterocycles. The average molecular weight is 386 g/mol. The smallest absolute Gasteiger partial charge is 0.287 e. The summed E-state index contributed by atoms with van der Waals surface area (Å²) < 4.78 is 41.3. The van der Waals surface area contributed by atoms with Crippen LogP contribution in [0.5, 0.6) is 0 Å². The summed E-state index contributed by atoms with van der Waals surface area (Å²) in [6, 6.07) is 8.05. The van der Waals surface area contributed by atoms with E-state index >= 15 is 0 Å². The van der Waals surface area contributed by atoms with E-state index in [0.29, 0.717) is 11.6 Å². The first-order valence-electron chi connectivity index (χ1n) is 8.30. The lowest BCUT2D eigenvalue weighted by molar-refractivity contribution is 0.0894. The molecule has 0 spiro atoms. The van der Waals surface area contributed by atoms with Gasteiger partial charge in [0.1, 0.15) is 23.1 Å². The quantitative estimate of drug-likeness (QED) is 0.727. The predicted molar refractivity (Wildman–Crippen MR) is 93.1 cm³/mol. The van der Waals surface area contributed by atoms with Gasteiger partial charge in [-0.3, -0.25) is 9.59 Å². The third-order valence-electron chi connectivity index (χ3n) is 4.35. The number of rotatable bonds is 3. The molecule has 9 heteroatoms. The minimum Gasteiger partial charge on any atom is -0.341 e. The molecule has 1 aliphatic heterocycles. The Balaban J connectivity index is 1.56. The summed E-state index contributed by atoms with van der Waals surface area (Å²) in [6.45, 7) is 0.290. The topological polar surface area (TPSA) is 76.0 Å². The molecule has 0 aliphatic carbocycles. The number of imidazole rings is 1. The van der Waals surface area contributed by atoms with Crippen molar-refractivity contribution in [1.29, 1.82) is 0 Å². The number of aromatic nitrogens is 2. The van der Waals surface area contributed by atoms with Crippen molar-refractivity contribution in [2.75, 3.05) is 5.32 Å². The molecule has 0 saturated heterocycles. The highest BCUT2D eigenvalue weighted by molar-refractivity contribution is 6.04. The van der Waals surface area contributed by atoms with Gasteiger partial charge in [0, 0.05) is 18.8 Å². The summed E-state index contributed by atoms with van der Waals surface area (Å²) in [5.41, 5.74) is 0.410. The van der Waals surface area contributed by atoms with E-state index in [9.17, 15) is 22.8 Å². The summed E-state index contributed by atoms with van der Waals surface area (Å²) in [7, 11) is 0. The average Bonchev–Trinajstić information content (AvgIpc) is 3.09. The summed E-state index contributed by atoms with van der Waals surface area (Å²) in [4.78, 5) is 28.7. The van der Waals surface area contributed by atoms with Gasteiger partial charge >= 0.3 is 0 Å². The van der Waals surface area contributed by atoms with Crippen molar-refractivity contribution in [2.24, 2.45) is 0 Å². The van der Waals surface area contributed by atoms with Gasteiger partial charge in [-0.1, -0.05) is 12.1 Å². The van der Waals surface area contributed by atoms with Crippen LogP contribution in [0, 0.1) is 17.5 Å². The van der Waals surface area contributed by atoms with Crippen molar-refractivity contribution in [3.63, 3.8) is 0 Å². The number of anilines is 1. The van der Waals surface area contributed by atoms with Gasteiger partial charge in [0.15, 0.2) is 5.82 Å². The molecular weight excluding hydrogens is 373 g/mol. The van der Waals surface area contributed by atoms with Gasteiger partial charge in [-0.15, -0.1) is 0 Å². The Hall–Kier alpha value is -3.62. The maximum atomic E-state index is 13.7. The fourth-order valence-corrected chi connectivity index (χ4v) is 2.97. The van der Waals surface area contributed by atoms with Crippen LogP contribution in [0.1, 0.15) is 32.7 Å². The maximum Gasteiger partial charge on any atom is 0.287 e. The summed E-state index contributed by atoms with van der Waals surface area (Å²) >= 11 is 0. The molecule has 2 aromatic carbocycles. The van der Waals surface area contributed by atoms with Crippen molar-refractivity contribution in [3.8, 4) is 0 Å². The number of nitrogens with one attached hydrogen (secondary N) is 2. The van der Waals surface area contributed by atoms with Crippen LogP contribution in [-0.4, -0.2) is 21.4 Å². The van der Waals surface area contributed by atoms with E-state index in [0.717, 1.165) is 12.1 Å². The van der Waals surface area contributed by atoms with E-state index in [1.54, 1.807) is 12.1 Å². The highest BCUT2D eigenvalue weighted by Gasteiger charge is 2.29. The molecule has 1 atom stereocenters. The number of benzene rings is 2. The van der Waals surface area contributed by atoms with Crippen molar-refractivity contribution in [3.05, 3.63) is 83.2 Å². The lowest BCUT2D eigenvalue weighted by atomic mass is 10.1. The number of hydrogen-bond acceptors (Lipinski definition) is 3. The van der Waals surface area contributed by atoms with Crippen LogP contribution in [0.4, 0.5) is 18.9 Å². The predicted octanol–water partition coefficient (Wildman–Crippen LogP) is 3.04. The molecule has 0 radical (unpaired) electrons. The van der Waals surface area contributed by atoms with Gasteiger partial charge in [-0.05, 0) is 29.8 Å². The molecule has 6 nitrogen and oxygen atoms in total. The van der Waals surface area contributed by atoms with Gasteiger partial charge in [0.2, 0.25) is 0 Å². The fourth-order valence-electron chi connectivity index (χ4n) is 2.97. The molecule has 142 valence electrons. The van der Waals surface area contributed by atoms with Crippen molar-refractivity contribution in [2.45, 2.75) is 12.6 Å². The SMILES string of the molecule is O=C(Nc1ccc(F)cc1F)c1cn2c(n1)C(=O)NC(c1ccc(F)cc1)C2. The first-order valence-corrected chi connectivity index (χ1v) is 8.30. The zero-order chi connectivity index (χ0) is 19.8. The van der Waals surface area contributed by atoms with Crippen LogP contribution in [-0.2, 0) is 6.54 Å². The number of carbonyl (C=O) groups excluding carboxylic acids is 2. The highest BCUT2D eigenvalue weighted by atomic mass is 19.1. The third-order valence-corrected chi connectivity index (χ3v) is 4.35. The lowest BCUT2D eigenvalue weighted by Crippen LogP contribution is -2.38. The van der Waals surface area contributed by atoms with Crippen LogP contribution in [0.2, 0.25) is 0 Å². The first-order chi connectivity index (χ1) is 13.4. The zero-order valence-electron chi connectivity index (χ0n) is 14.2. The molecule has 3 aromatic rings. The zero-order valence-corrected chi connectivity index (χ0v) is 14.2. The van der Waals surface area contributed by atoms with Crippen molar-refractivity contribution in [1.82, 2.24) is 14.9 Å². The van der Waals surface area contributed by atoms with Gasteiger partial charge in [0.25, 0.3) is 11.8 Å². The third kappa shape index (κ3) is 3.34. The van der Waals surface area contributed by atoms with Crippen LogP contribution in [0.25, 0.3) is 0 Å². The first kappa shape index (κ1) is 17.8. The van der Waals surface area contributed by atoms with Crippen LogP contribution in [0.3, 0.4) is 0 Å². The van der Waals surface area contributed by atoms with E-state index in [1.807, 2.05) is 0 Å². The minimum absolute atomic E-state index is 0.0306. The van der Waals surface area contributed by atoms with E-state index in [-0.39, 0.29) is 29.6 Å². The Kier molecular flexibility index (Phi) is 4.34. The van der Waals surface area contributed by atoms with E-state index in [1.165, 1.54) is 22.9 Å². The molecule has 4 rings (SSSR count). The van der Waals surface area contributed by atoms with Crippen LogP contribution < -0.4 is 10.6 Å². The van der Waals surface area contributed by atoms with Crippen LogP contribution in [0.15, 0.2) is 48.7 Å². The Morgan fingerprint density at radius 1 is 1.11 bits per heavy atom. The number of fused-ring (bicyclic) bond motifs is 1. The van der Waals surface area contributed by atoms with Gasteiger partial charge in [0.05, 0.1) is 11.7 Å². The second kappa shape index (κ2) is 6.84. The van der Waals surface area contributed by atoms with E-state index < -0.39 is 29.5 Å². The number of nitrogens with zero attached hydrogens (tertiary/aromatic N) is 2. The summed E-state index contributed by atoms with van der Waals surface area (Å²) in [5, 5.41) is 5.04. The molecule has 1 unspecified atom stereocenters. The highest BCUT2D eigenvalue weighted by Crippen LogP contribution is 2.22. The number of halogens is 3. The number of hydrogen-bond donors (Lipinski definition) is 2. The fraction of sp³-hybridized carbons (Fsp3) is 0.105. The molecule has 2 amide bonds. The monoisotopic (exact) mass is 386 g/mol. The Bertz CT molecular complexity index is 1080. The normalized spacial score (nSPS) is 15.7. The molecule has 28 heavy (non-hydrogen) atoms. The molecule has 0 bridgehead atoms. The molecular formula is C19H13F3N4O2. The lowest BCUT2D eigenvalue weighted by Gasteiger charge is -2.25. The number of carbonyl (C=O) groups is 2. The largest absolute Gasteiger partial charge is 0.341 e. The Labute approximate surface area is 157 Å². The molecule has 2 N–H and O–H groups in total. The maximum absolute atomic E-state index is 13.7. The van der Waals surface area contributed by atoms with Crippen molar-refractivity contribution < 1.29 is 22.8 Å². The van der Waals surface area contributed by atoms with Gasteiger partial charge < -0.3 is 15.2 Å². The molecule has 0 fully saturated rings.